The first-order valence-corrected chi connectivity index (χ1v) is 3.20. The molecule has 1 aliphatic carbocycles. The summed E-state index contributed by atoms with van der Waals surface area (Å²) < 4.78 is 0. The number of aliphatic imine (C=N–C) groups is 1. The average Bonchev–Trinajstić information content (AvgIpc) is 2.35. The molecule has 9 heavy (non-hydrogen) atoms. The molecule has 1 aliphatic rings. The standard InChI is InChI=1S/C7H11NO/c1-7(2)3-6(7)4-8-5-9/h6H,3-4H2,1-2H3. The van der Waals surface area contributed by atoms with Crippen molar-refractivity contribution in [2.45, 2.75) is 20.3 Å². The SMILES string of the molecule is CC1(C)CC1CN=C=O. The second kappa shape index (κ2) is 1.96. The Hall–Kier alpha value is -0.620. The Labute approximate surface area is 55.0 Å². The first kappa shape index (κ1) is 6.50. The van der Waals surface area contributed by atoms with Crippen LogP contribution in [0.2, 0.25) is 0 Å². The van der Waals surface area contributed by atoms with Crippen molar-refractivity contribution in [2.75, 3.05) is 6.54 Å². The van der Waals surface area contributed by atoms with Gasteiger partial charge in [0.25, 0.3) is 0 Å². The summed E-state index contributed by atoms with van der Waals surface area (Å²) in [5, 5.41) is 0. The first-order valence-electron chi connectivity index (χ1n) is 3.20. The summed E-state index contributed by atoms with van der Waals surface area (Å²) >= 11 is 0. The van der Waals surface area contributed by atoms with Crippen LogP contribution in [0.5, 0.6) is 0 Å². The van der Waals surface area contributed by atoms with Gasteiger partial charge in [0.15, 0.2) is 0 Å². The summed E-state index contributed by atoms with van der Waals surface area (Å²) in [6, 6.07) is 0. The van der Waals surface area contributed by atoms with E-state index in [0.29, 0.717) is 17.9 Å². The molecule has 0 bridgehead atoms. The van der Waals surface area contributed by atoms with Crippen molar-refractivity contribution in [3.8, 4) is 0 Å². The number of hydrogen-bond acceptors (Lipinski definition) is 2. The van der Waals surface area contributed by atoms with Crippen molar-refractivity contribution in [1.82, 2.24) is 0 Å². The van der Waals surface area contributed by atoms with Gasteiger partial charge in [0, 0.05) is 0 Å². The zero-order chi connectivity index (χ0) is 6.91. The molecule has 50 valence electrons. The molecule has 0 aliphatic heterocycles. The molecule has 0 aromatic rings. The maximum absolute atomic E-state index is 9.66. The van der Waals surface area contributed by atoms with Gasteiger partial charge in [0.05, 0.1) is 6.54 Å². The quantitative estimate of drug-likeness (QED) is 0.405. The number of rotatable bonds is 2. The van der Waals surface area contributed by atoms with Crippen molar-refractivity contribution < 1.29 is 4.79 Å². The smallest absolute Gasteiger partial charge is 0.211 e. The molecular weight excluding hydrogens is 114 g/mol. The van der Waals surface area contributed by atoms with Crippen LogP contribution in [0.3, 0.4) is 0 Å². The highest BCUT2D eigenvalue weighted by Gasteiger charge is 2.44. The number of carbonyl (C=O) groups excluding carboxylic acids is 1. The second-order valence-corrected chi connectivity index (χ2v) is 3.32. The fourth-order valence-electron chi connectivity index (χ4n) is 1.04. The van der Waals surface area contributed by atoms with E-state index in [0.717, 1.165) is 0 Å². The Morgan fingerprint density at radius 2 is 2.33 bits per heavy atom. The summed E-state index contributed by atoms with van der Waals surface area (Å²) in [7, 11) is 0. The Balaban J connectivity index is 2.27. The number of isocyanates is 1. The van der Waals surface area contributed by atoms with Gasteiger partial charge >= 0.3 is 0 Å². The summed E-state index contributed by atoms with van der Waals surface area (Å²) in [6.07, 6.45) is 2.76. The molecule has 0 heterocycles. The van der Waals surface area contributed by atoms with E-state index in [4.69, 9.17) is 0 Å². The number of hydrogen-bond donors (Lipinski definition) is 0. The molecule has 0 spiro atoms. The van der Waals surface area contributed by atoms with Crippen LogP contribution in [-0.4, -0.2) is 12.6 Å². The molecule has 0 N–H and O–H groups in total. The van der Waals surface area contributed by atoms with Gasteiger partial charge in [-0.15, -0.1) is 0 Å². The van der Waals surface area contributed by atoms with Crippen molar-refractivity contribution in [1.29, 1.82) is 0 Å². The Bertz CT molecular complexity index is 156. The lowest BCUT2D eigenvalue weighted by Gasteiger charge is -1.95. The topological polar surface area (TPSA) is 29.4 Å². The minimum Gasteiger partial charge on any atom is -0.211 e. The molecule has 0 saturated heterocycles. The van der Waals surface area contributed by atoms with Crippen LogP contribution in [0.15, 0.2) is 4.99 Å². The van der Waals surface area contributed by atoms with E-state index < -0.39 is 0 Å². The molecule has 1 rings (SSSR count). The molecule has 0 aromatic heterocycles. The maximum Gasteiger partial charge on any atom is 0.234 e. The van der Waals surface area contributed by atoms with Gasteiger partial charge in [-0.2, -0.15) is 0 Å². The summed E-state index contributed by atoms with van der Waals surface area (Å²) in [5.74, 6) is 0.638. The van der Waals surface area contributed by atoms with E-state index in [2.05, 4.69) is 18.8 Å². The Kier molecular flexibility index (Phi) is 1.42. The summed E-state index contributed by atoms with van der Waals surface area (Å²) in [6.45, 7) is 5.06. The summed E-state index contributed by atoms with van der Waals surface area (Å²) in [5.41, 5.74) is 0.445. The van der Waals surface area contributed by atoms with E-state index in [1.807, 2.05) is 0 Å². The summed E-state index contributed by atoms with van der Waals surface area (Å²) in [4.78, 5) is 13.2. The van der Waals surface area contributed by atoms with Crippen LogP contribution in [0.4, 0.5) is 0 Å². The molecule has 0 aromatic carbocycles. The van der Waals surface area contributed by atoms with Gasteiger partial charge in [-0.3, -0.25) is 0 Å². The minimum atomic E-state index is 0.445. The molecule has 1 unspecified atom stereocenters. The monoisotopic (exact) mass is 125 g/mol. The van der Waals surface area contributed by atoms with E-state index in [1.165, 1.54) is 6.42 Å². The van der Waals surface area contributed by atoms with Crippen molar-refractivity contribution in [2.24, 2.45) is 16.3 Å². The third kappa shape index (κ3) is 1.39. The van der Waals surface area contributed by atoms with Crippen LogP contribution < -0.4 is 0 Å². The van der Waals surface area contributed by atoms with Crippen LogP contribution in [0.25, 0.3) is 0 Å². The van der Waals surface area contributed by atoms with E-state index >= 15 is 0 Å². The van der Waals surface area contributed by atoms with Crippen LogP contribution in [-0.2, 0) is 4.79 Å². The lowest BCUT2D eigenvalue weighted by atomic mass is 10.1. The second-order valence-electron chi connectivity index (χ2n) is 3.32. The molecular formula is C7H11NO. The highest BCUT2D eigenvalue weighted by atomic mass is 16.1. The van der Waals surface area contributed by atoms with Crippen molar-refractivity contribution in [3.05, 3.63) is 0 Å². The van der Waals surface area contributed by atoms with E-state index in [1.54, 1.807) is 6.08 Å². The third-order valence-electron chi connectivity index (χ3n) is 2.09. The molecule has 1 saturated carbocycles. The predicted molar refractivity (Wildman–Crippen MR) is 34.9 cm³/mol. The lowest BCUT2D eigenvalue weighted by molar-refractivity contribution is 0.548. The van der Waals surface area contributed by atoms with Crippen molar-refractivity contribution in [3.63, 3.8) is 0 Å². The highest BCUT2D eigenvalue weighted by Crippen LogP contribution is 2.51. The van der Waals surface area contributed by atoms with Gasteiger partial charge in [-0.25, -0.2) is 9.79 Å². The highest BCUT2D eigenvalue weighted by molar-refractivity contribution is 5.33. The van der Waals surface area contributed by atoms with Gasteiger partial charge in [-0.05, 0) is 17.8 Å². The predicted octanol–water partition coefficient (Wildman–Crippen LogP) is 1.37. The fraction of sp³-hybridized carbons (Fsp3) is 0.857. The Morgan fingerprint density at radius 3 is 2.67 bits per heavy atom. The molecule has 0 amide bonds. The van der Waals surface area contributed by atoms with Crippen LogP contribution in [0.1, 0.15) is 20.3 Å². The van der Waals surface area contributed by atoms with Gasteiger partial charge in [0.2, 0.25) is 6.08 Å². The largest absolute Gasteiger partial charge is 0.234 e. The van der Waals surface area contributed by atoms with Gasteiger partial charge in [0.1, 0.15) is 0 Å². The van der Waals surface area contributed by atoms with Crippen molar-refractivity contribution >= 4 is 6.08 Å². The zero-order valence-corrected chi connectivity index (χ0v) is 5.85. The Morgan fingerprint density at radius 1 is 1.78 bits per heavy atom. The van der Waals surface area contributed by atoms with Crippen LogP contribution in [0, 0.1) is 11.3 Å². The van der Waals surface area contributed by atoms with E-state index in [-0.39, 0.29) is 0 Å². The van der Waals surface area contributed by atoms with E-state index in [9.17, 15) is 4.79 Å². The van der Waals surface area contributed by atoms with Crippen LogP contribution >= 0.6 is 0 Å². The minimum absolute atomic E-state index is 0.445. The van der Waals surface area contributed by atoms with Gasteiger partial charge < -0.3 is 0 Å². The molecule has 1 atom stereocenters. The van der Waals surface area contributed by atoms with Gasteiger partial charge in [-0.1, -0.05) is 13.8 Å². The lowest BCUT2D eigenvalue weighted by Crippen LogP contribution is -1.92. The molecule has 2 heteroatoms. The molecule has 0 radical (unpaired) electrons. The first-order chi connectivity index (χ1) is 4.17. The fourth-order valence-corrected chi connectivity index (χ4v) is 1.04. The normalized spacial score (nSPS) is 28.9. The maximum atomic E-state index is 9.66. The molecule has 1 fully saturated rings. The molecule has 2 nitrogen and oxygen atoms in total. The average molecular weight is 125 g/mol. The third-order valence-corrected chi connectivity index (χ3v) is 2.09. The zero-order valence-electron chi connectivity index (χ0n) is 5.85. The number of nitrogens with zero attached hydrogens (tertiary/aromatic N) is 1.